The van der Waals surface area contributed by atoms with Crippen LogP contribution in [0.2, 0.25) is 5.02 Å². The second kappa shape index (κ2) is 7.49. The third-order valence-corrected chi connectivity index (χ3v) is 5.44. The van der Waals surface area contributed by atoms with Crippen LogP contribution in [0.4, 0.5) is 13.2 Å². The lowest BCUT2D eigenvalue weighted by molar-refractivity contribution is -0.142. The molecule has 10 heteroatoms. The highest BCUT2D eigenvalue weighted by molar-refractivity contribution is 7.13. The van der Waals surface area contributed by atoms with Gasteiger partial charge in [-0.15, -0.1) is 11.3 Å². The molecule has 1 aromatic carbocycles. The number of thiophene rings is 1. The number of carbonyl (C=O) groups excluding carboxylic acids is 1. The van der Waals surface area contributed by atoms with Gasteiger partial charge in [-0.05, 0) is 29.1 Å². The minimum Gasteiger partial charge on any atom is -0.348 e. The summed E-state index contributed by atoms with van der Waals surface area (Å²) in [5.74, 6) is -0.594. The molecule has 0 aliphatic carbocycles. The summed E-state index contributed by atoms with van der Waals surface area (Å²) in [5.41, 5.74) is -0.417. The Morgan fingerprint density at radius 3 is 2.69 bits per heavy atom. The molecule has 1 amide bonds. The highest BCUT2D eigenvalue weighted by Crippen LogP contribution is 2.33. The number of halogens is 4. The van der Waals surface area contributed by atoms with Crippen LogP contribution >= 0.6 is 22.9 Å². The number of rotatable bonds is 4. The van der Waals surface area contributed by atoms with Crippen molar-refractivity contribution in [3.63, 3.8) is 0 Å². The molecule has 4 aromatic rings. The van der Waals surface area contributed by atoms with Crippen LogP contribution in [0.3, 0.4) is 0 Å². The first kappa shape index (κ1) is 19.4. The molecule has 4 rings (SSSR count). The van der Waals surface area contributed by atoms with Crippen LogP contribution in [-0.2, 0) is 12.7 Å². The summed E-state index contributed by atoms with van der Waals surface area (Å²) < 4.78 is 41.3. The second-order valence-electron chi connectivity index (χ2n) is 6.07. The lowest BCUT2D eigenvalue weighted by Gasteiger charge is -2.11. The van der Waals surface area contributed by atoms with Crippen molar-refractivity contribution < 1.29 is 18.0 Å². The average molecular weight is 437 g/mol. The number of carbonyl (C=O) groups is 1. The molecule has 0 radical (unpaired) electrons. The summed E-state index contributed by atoms with van der Waals surface area (Å²) in [6.45, 7) is 0.118. The first-order valence-electron chi connectivity index (χ1n) is 8.36. The van der Waals surface area contributed by atoms with Crippen LogP contribution in [0.25, 0.3) is 16.2 Å². The van der Waals surface area contributed by atoms with Gasteiger partial charge < -0.3 is 5.32 Å². The second-order valence-corrected chi connectivity index (χ2v) is 7.42. The van der Waals surface area contributed by atoms with Gasteiger partial charge in [-0.3, -0.25) is 4.79 Å². The van der Waals surface area contributed by atoms with Gasteiger partial charge in [0, 0.05) is 11.6 Å². The quantitative estimate of drug-likeness (QED) is 0.486. The summed E-state index contributed by atoms with van der Waals surface area (Å²) in [6, 6.07) is 11.3. The molecule has 1 N–H and O–H groups in total. The summed E-state index contributed by atoms with van der Waals surface area (Å²) in [6.07, 6.45) is -3.58. The lowest BCUT2D eigenvalue weighted by atomic mass is 10.2. The van der Waals surface area contributed by atoms with Gasteiger partial charge in [0.2, 0.25) is 0 Å². The van der Waals surface area contributed by atoms with E-state index in [-0.39, 0.29) is 23.4 Å². The largest absolute Gasteiger partial charge is 0.433 e. The van der Waals surface area contributed by atoms with E-state index < -0.39 is 17.8 Å². The zero-order valence-electron chi connectivity index (χ0n) is 14.6. The van der Waals surface area contributed by atoms with Crippen LogP contribution in [0.1, 0.15) is 21.6 Å². The molecule has 29 heavy (non-hydrogen) atoms. The van der Waals surface area contributed by atoms with Crippen LogP contribution in [0, 0.1) is 0 Å². The van der Waals surface area contributed by atoms with E-state index in [4.69, 9.17) is 11.6 Å². The molecule has 0 saturated heterocycles. The predicted molar refractivity (Wildman–Crippen MR) is 104 cm³/mol. The fourth-order valence-electron chi connectivity index (χ4n) is 2.79. The first-order valence-corrected chi connectivity index (χ1v) is 9.62. The van der Waals surface area contributed by atoms with Gasteiger partial charge >= 0.3 is 6.18 Å². The number of hydrogen-bond acceptors (Lipinski definition) is 4. The summed E-state index contributed by atoms with van der Waals surface area (Å²) >= 11 is 7.33. The van der Waals surface area contributed by atoms with E-state index in [1.165, 1.54) is 11.3 Å². The first-order chi connectivity index (χ1) is 13.8. The third-order valence-electron chi connectivity index (χ3n) is 4.18. The SMILES string of the molecule is O=C(NCc1ccccc1Cl)c1cnn2c(C(F)(F)F)cc(-c3cccs3)nc12. The average Bonchev–Trinajstić information content (AvgIpc) is 3.35. The van der Waals surface area contributed by atoms with Crippen LogP contribution in [-0.4, -0.2) is 20.5 Å². The minimum absolute atomic E-state index is 0.0547. The Bertz CT molecular complexity index is 1190. The van der Waals surface area contributed by atoms with Crippen molar-refractivity contribution in [2.24, 2.45) is 0 Å². The Balaban J connectivity index is 1.74. The van der Waals surface area contributed by atoms with Crippen molar-refractivity contribution >= 4 is 34.5 Å². The maximum Gasteiger partial charge on any atom is 0.433 e. The van der Waals surface area contributed by atoms with Gasteiger partial charge in [-0.2, -0.15) is 18.3 Å². The Labute approximate surface area is 171 Å². The molecule has 148 valence electrons. The molecular formula is C19H12ClF3N4OS. The van der Waals surface area contributed by atoms with Crippen molar-refractivity contribution in [2.75, 3.05) is 0 Å². The Morgan fingerprint density at radius 1 is 1.21 bits per heavy atom. The van der Waals surface area contributed by atoms with Crippen molar-refractivity contribution in [1.82, 2.24) is 19.9 Å². The van der Waals surface area contributed by atoms with Gasteiger partial charge in [0.05, 0.1) is 16.8 Å². The number of hydrogen-bond donors (Lipinski definition) is 1. The molecule has 3 aromatic heterocycles. The van der Waals surface area contributed by atoms with Gasteiger partial charge in [-0.25, -0.2) is 9.50 Å². The van der Waals surface area contributed by atoms with E-state index in [2.05, 4.69) is 15.4 Å². The molecule has 0 saturated carbocycles. The zero-order chi connectivity index (χ0) is 20.6. The number of nitrogens with one attached hydrogen (secondary N) is 1. The number of nitrogens with zero attached hydrogens (tertiary/aromatic N) is 3. The van der Waals surface area contributed by atoms with E-state index in [1.54, 1.807) is 41.8 Å². The standard InChI is InChI=1S/C19H12ClF3N4OS/c20-13-5-2-1-4-11(13)9-24-18(28)12-10-25-27-16(19(21,22)23)8-14(26-17(12)27)15-6-3-7-29-15/h1-8,10H,9H2,(H,24,28). The van der Waals surface area contributed by atoms with Gasteiger partial charge in [-0.1, -0.05) is 35.9 Å². The normalized spacial score (nSPS) is 11.7. The van der Waals surface area contributed by atoms with E-state index in [9.17, 15) is 18.0 Å². The molecule has 0 aliphatic rings. The van der Waals surface area contributed by atoms with Crippen molar-refractivity contribution in [3.8, 4) is 10.6 Å². The molecule has 3 heterocycles. The van der Waals surface area contributed by atoms with Gasteiger partial charge in [0.1, 0.15) is 5.56 Å². The highest BCUT2D eigenvalue weighted by atomic mass is 35.5. The fourth-order valence-corrected chi connectivity index (χ4v) is 3.68. The number of amides is 1. The zero-order valence-corrected chi connectivity index (χ0v) is 16.1. The third kappa shape index (κ3) is 3.83. The molecule has 0 unspecified atom stereocenters. The lowest BCUT2D eigenvalue weighted by Crippen LogP contribution is -2.23. The number of benzene rings is 1. The van der Waals surface area contributed by atoms with E-state index in [0.717, 1.165) is 12.3 Å². The predicted octanol–water partition coefficient (Wildman–Crippen LogP) is 5.06. The summed E-state index contributed by atoms with van der Waals surface area (Å²) in [5, 5.41) is 8.62. The summed E-state index contributed by atoms with van der Waals surface area (Å²) in [4.78, 5) is 17.5. The molecule has 0 atom stereocenters. The van der Waals surface area contributed by atoms with Crippen LogP contribution < -0.4 is 5.32 Å². The molecular weight excluding hydrogens is 425 g/mol. The van der Waals surface area contributed by atoms with Crippen LogP contribution in [0.15, 0.2) is 54.0 Å². The Hall–Kier alpha value is -2.91. The molecule has 0 aliphatic heterocycles. The van der Waals surface area contributed by atoms with Crippen molar-refractivity contribution in [2.45, 2.75) is 12.7 Å². The monoisotopic (exact) mass is 436 g/mol. The smallest absolute Gasteiger partial charge is 0.348 e. The maximum atomic E-state index is 13.6. The highest BCUT2D eigenvalue weighted by Gasteiger charge is 2.36. The van der Waals surface area contributed by atoms with E-state index >= 15 is 0 Å². The van der Waals surface area contributed by atoms with E-state index in [1.807, 2.05) is 0 Å². The Morgan fingerprint density at radius 2 is 2.00 bits per heavy atom. The van der Waals surface area contributed by atoms with Crippen molar-refractivity contribution in [3.05, 3.63) is 75.9 Å². The molecule has 5 nitrogen and oxygen atoms in total. The van der Waals surface area contributed by atoms with Crippen molar-refractivity contribution in [1.29, 1.82) is 0 Å². The molecule has 0 fully saturated rings. The van der Waals surface area contributed by atoms with Gasteiger partial charge in [0.15, 0.2) is 11.3 Å². The number of fused-ring (bicyclic) bond motifs is 1. The number of aromatic nitrogens is 3. The molecule has 0 spiro atoms. The summed E-state index contributed by atoms with van der Waals surface area (Å²) in [7, 11) is 0. The maximum absolute atomic E-state index is 13.6. The topological polar surface area (TPSA) is 59.3 Å². The number of alkyl halides is 3. The van der Waals surface area contributed by atoms with Gasteiger partial charge in [0.25, 0.3) is 5.91 Å². The van der Waals surface area contributed by atoms with Crippen LogP contribution in [0.5, 0.6) is 0 Å². The Kier molecular flexibility index (Phi) is 5.01. The minimum atomic E-state index is -4.66. The molecule has 0 bridgehead atoms. The van der Waals surface area contributed by atoms with E-state index in [0.29, 0.717) is 20.0 Å². The fraction of sp³-hybridized carbons (Fsp3) is 0.105.